The quantitative estimate of drug-likeness (QED) is 0.539. The van der Waals surface area contributed by atoms with Crippen molar-refractivity contribution in [2.45, 2.75) is 40.2 Å². The summed E-state index contributed by atoms with van der Waals surface area (Å²) in [5.74, 6) is 0.213. The molecule has 0 aromatic heterocycles. The van der Waals surface area contributed by atoms with Crippen molar-refractivity contribution in [3.63, 3.8) is 0 Å². The van der Waals surface area contributed by atoms with Gasteiger partial charge in [-0.2, -0.15) is 0 Å². The highest BCUT2D eigenvalue weighted by Gasteiger charge is 2.36. The summed E-state index contributed by atoms with van der Waals surface area (Å²) in [6.07, 6.45) is 2.51. The van der Waals surface area contributed by atoms with Crippen molar-refractivity contribution in [3.8, 4) is 11.5 Å². The van der Waals surface area contributed by atoms with Gasteiger partial charge in [0.05, 0.1) is 18.1 Å². The fraction of sp³-hybridized carbons (Fsp3) is 0.320. The van der Waals surface area contributed by atoms with Crippen molar-refractivity contribution in [1.29, 1.82) is 0 Å². The van der Waals surface area contributed by atoms with E-state index in [4.69, 9.17) is 9.47 Å². The average Bonchev–Trinajstić information content (AvgIpc) is 3.04. The lowest BCUT2D eigenvalue weighted by molar-refractivity contribution is -0.127. The van der Waals surface area contributed by atoms with Crippen LogP contribution in [0.1, 0.15) is 37.0 Å². The first kappa shape index (κ1) is 24.4. The summed E-state index contributed by atoms with van der Waals surface area (Å²) in [7, 11) is 1.55. The van der Waals surface area contributed by atoms with E-state index in [1.165, 1.54) is 0 Å². The van der Waals surface area contributed by atoms with E-state index >= 15 is 0 Å². The topological polar surface area (TPSA) is 84.9 Å². The highest BCUT2D eigenvalue weighted by molar-refractivity contribution is 8.18. The van der Waals surface area contributed by atoms with Crippen LogP contribution in [0.2, 0.25) is 0 Å². The number of carbonyl (C=O) groups is 3. The van der Waals surface area contributed by atoms with Gasteiger partial charge in [0.15, 0.2) is 11.5 Å². The Morgan fingerprint density at radius 1 is 1.12 bits per heavy atom. The zero-order chi connectivity index (χ0) is 24.1. The van der Waals surface area contributed by atoms with Crippen LogP contribution in [0.15, 0.2) is 41.3 Å². The summed E-state index contributed by atoms with van der Waals surface area (Å²) >= 11 is 0.808. The Bertz CT molecular complexity index is 1110. The molecule has 1 heterocycles. The van der Waals surface area contributed by atoms with Gasteiger partial charge < -0.3 is 14.8 Å². The number of amides is 3. The van der Waals surface area contributed by atoms with Crippen LogP contribution in [0.5, 0.6) is 11.5 Å². The number of anilines is 1. The summed E-state index contributed by atoms with van der Waals surface area (Å²) in [6, 6.07) is 10.9. The molecule has 1 N–H and O–H groups in total. The number of aryl methyl sites for hydroxylation is 2. The van der Waals surface area contributed by atoms with Crippen molar-refractivity contribution in [2.24, 2.45) is 0 Å². The number of carbonyl (C=O) groups excluding carboxylic acids is 3. The molecule has 3 rings (SSSR count). The second-order valence-electron chi connectivity index (χ2n) is 7.86. The van der Waals surface area contributed by atoms with Gasteiger partial charge in [-0.1, -0.05) is 19.1 Å². The third kappa shape index (κ3) is 5.96. The van der Waals surface area contributed by atoms with Crippen LogP contribution in [0, 0.1) is 13.8 Å². The molecule has 1 aliphatic rings. The predicted octanol–water partition coefficient (Wildman–Crippen LogP) is 5.16. The number of nitrogens with zero attached hydrogens (tertiary/aromatic N) is 1. The highest BCUT2D eigenvalue weighted by Crippen LogP contribution is 2.35. The Morgan fingerprint density at radius 3 is 2.55 bits per heavy atom. The molecule has 8 heteroatoms. The molecule has 1 fully saturated rings. The van der Waals surface area contributed by atoms with Gasteiger partial charge in [-0.25, -0.2) is 0 Å². The lowest BCUT2D eigenvalue weighted by Gasteiger charge is -2.15. The molecule has 1 atom stereocenters. The maximum atomic E-state index is 12.8. The Kier molecular flexibility index (Phi) is 7.81. The molecule has 0 radical (unpaired) electrons. The van der Waals surface area contributed by atoms with Crippen LogP contribution in [-0.2, 0) is 9.59 Å². The molecule has 2 aromatic rings. The SMILES string of the molecule is CCC(C)Oc1ccc(/C=C2\SC(=O)N(CC(=O)Nc3ccc(C)c(C)c3)C2=O)cc1OC. The molecule has 174 valence electrons. The number of imide groups is 1. The molecule has 0 spiro atoms. The molecular weight excluding hydrogens is 440 g/mol. The summed E-state index contributed by atoms with van der Waals surface area (Å²) < 4.78 is 11.3. The minimum atomic E-state index is -0.501. The Morgan fingerprint density at radius 2 is 1.88 bits per heavy atom. The zero-order valence-electron chi connectivity index (χ0n) is 19.4. The van der Waals surface area contributed by atoms with Gasteiger partial charge in [0, 0.05) is 5.69 Å². The largest absolute Gasteiger partial charge is 0.493 e. The number of nitrogens with one attached hydrogen (secondary N) is 1. The molecular formula is C25H28N2O5S. The summed E-state index contributed by atoms with van der Waals surface area (Å²) in [5.41, 5.74) is 3.46. The van der Waals surface area contributed by atoms with Crippen LogP contribution in [-0.4, -0.2) is 41.7 Å². The number of hydrogen-bond acceptors (Lipinski definition) is 6. The normalized spacial score (nSPS) is 15.7. The fourth-order valence-electron chi connectivity index (χ4n) is 3.12. The third-order valence-corrected chi connectivity index (χ3v) is 6.26. The average molecular weight is 469 g/mol. The molecule has 3 amide bonds. The molecule has 0 aliphatic carbocycles. The fourth-order valence-corrected chi connectivity index (χ4v) is 3.96. The van der Waals surface area contributed by atoms with Crippen molar-refractivity contribution in [1.82, 2.24) is 4.90 Å². The summed E-state index contributed by atoms with van der Waals surface area (Å²) in [4.78, 5) is 38.8. The second kappa shape index (κ2) is 10.6. The second-order valence-corrected chi connectivity index (χ2v) is 8.86. The first-order chi connectivity index (χ1) is 15.7. The molecule has 0 saturated carbocycles. The molecule has 33 heavy (non-hydrogen) atoms. The van der Waals surface area contributed by atoms with E-state index in [0.29, 0.717) is 22.7 Å². The van der Waals surface area contributed by atoms with Gasteiger partial charge in [-0.15, -0.1) is 0 Å². The number of hydrogen-bond donors (Lipinski definition) is 1. The van der Waals surface area contributed by atoms with E-state index < -0.39 is 17.1 Å². The van der Waals surface area contributed by atoms with E-state index in [-0.39, 0.29) is 17.6 Å². The Hall–Kier alpha value is -3.26. The zero-order valence-corrected chi connectivity index (χ0v) is 20.2. The van der Waals surface area contributed by atoms with Gasteiger partial charge in [-0.05, 0) is 86.0 Å². The molecule has 2 aromatic carbocycles. The summed E-state index contributed by atoms with van der Waals surface area (Å²) in [6.45, 7) is 7.59. The smallest absolute Gasteiger partial charge is 0.294 e. The van der Waals surface area contributed by atoms with Gasteiger partial charge in [-0.3, -0.25) is 19.3 Å². The maximum Gasteiger partial charge on any atom is 0.294 e. The molecule has 1 aliphatic heterocycles. The lowest BCUT2D eigenvalue weighted by Crippen LogP contribution is -2.36. The molecule has 0 bridgehead atoms. The van der Waals surface area contributed by atoms with Gasteiger partial charge in [0.1, 0.15) is 6.54 Å². The monoisotopic (exact) mass is 468 g/mol. The van der Waals surface area contributed by atoms with Crippen LogP contribution >= 0.6 is 11.8 Å². The molecule has 7 nitrogen and oxygen atoms in total. The van der Waals surface area contributed by atoms with Crippen LogP contribution < -0.4 is 14.8 Å². The number of rotatable bonds is 8. The van der Waals surface area contributed by atoms with E-state index in [0.717, 1.165) is 34.2 Å². The number of ether oxygens (including phenoxy) is 2. The first-order valence-electron chi connectivity index (χ1n) is 10.7. The van der Waals surface area contributed by atoms with Crippen LogP contribution in [0.3, 0.4) is 0 Å². The van der Waals surface area contributed by atoms with Gasteiger partial charge in [0.2, 0.25) is 5.91 Å². The van der Waals surface area contributed by atoms with Gasteiger partial charge >= 0.3 is 0 Å². The van der Waals surface area contributed by atoms with E-state index in [2.05, 4.69) is 5.32 Å². The number of benzene rings is 2. The lowest BCUT2D eigenvalue weighted by atomic mass is 10.1. The molecule has 1 unspecified atom stereocenters. The van der Waals surface area contributed by atoms with Gasteiger partial charge in [0.25, 0.3) is 11.1 Å². The number of methoxy groups -OCH3 is 1. The third-order valence-electron chi connectivity index (χ3n) is 5.35. The minimum Gasteiger partial charge on any atom is -0.493 e. The van der Waals surface area contributed by atoms with E-state index in [1.54, 1.807) is 37.5 Å². The predicted molar refractivity (Wildman–Crippen MR) is 131 cm³/mol. The Labute approximate surface area is 198 Å². The first-order valence-corrected chi connectivity index (χ1v) is 11.5. The van der Waals surface area contributed by atoms with E-state index in [1.807, 2.05) is 39.8 Å². The Balaban J connectivity index is 1.71. The van der Waals surface area contributed by atoms with Crippen LogP contribution in [0.25, 0.3) is 6.08 Å². The summed E-state index contributed by atoms with van der Waals surface area (Å²) in [5, 5.41) is 2.26. The van der Waals surface area contributed by atoms with Crippen molar-refractivity contribution >= 4 is 40.6 Å². The molecule has 1 saturated heterocycles. The van der Waals surface area contributed by atoms with E-state index in [9.17, 15) is 14.4 Å². The minimum absolute atomic E-state index is 0.0382. The van der Waals surface area contributed by atoms with Crippen LogP contribution in [0.4, 0.5) is 10.5 Å². The highest BCUT2D eigenvalue weighted by atomic mass is 32.2. The van der Waals surface area contributed by atoms with Crippen molar-refractivity contribution < 1.29 is 23.9 Å². The van der Waals surface area contributed by atoms with Crippen molar-refractivity contribution in [2.75, 3.05) is 19.0 Å². The standard InChI is InChI=1S/C25H28N2O5S/c1-6-17(4)32-20-10-8-18(12-21(20)31-5)13-22-24(29)27(25(30)33-22)14-23(28)26-19-9-7-15(2)16(3)11-19/h7-13,17H,6,14H2,1-5H3,(H,26,28)/b22-13-. The maximum absolute atomic E-state index is 12.8. The number of thioether (sulfide) groups is 1. The van der Waals surface area contributed by atoms with Crippen molar-refractivity contribution in [3.05, 3.63) is 58.0 Å².